The summed E-state index contributed by atoms with van der Waals surface area (Å²) in [6.07, 6.45) is 1.44. The quantitative estimate of drug-likeness (QED) is 0.552. The molecule has 1 aliphatic heterocycles. The Labute approximate surface area is 168 Å². The van der Waals surface area contributed by atoms with Crippen LogP contribution >= 0.6 is 11.6 Å². The Morgan fingerprint density at radius 2 is 1.71 bits per heavy atom. The Morgan fingerprint density at radius 1 is 0.964 bits per heavy atom. The Hall–Kier alpha value is -2.82. The number of halogens is 2. The number of aryl methyl sites for hydroxylation is 1. The fourth-order valence-electron chi connectivity index (χ4n) is 3.42. The van der Waals surface area contributed by atoms with E-state index in [1.807, 2.05) is 49.4 Å². The van der Waals surface area contributed by atoms with Gasteiger partial charge in [0, 0.05) is 16.8 Å². The van der Waals surface area contributed by atoms with Gasteiger partial charge < -0.3 is 10.4 Å². The van der Waals surface area contributed by atoms with Gasteiger partial charge in [0.25, 0.3) is 0 Å². The zero-order valence-electron chi connectivity index (χ0n) is 15.3. The molecule has 0 bridgehead atoms. The van der Waals surface area contributed by atoms with Gasteiger partial charge in [0.2, 0.25) is 0 Å². The van der Waals surface area contributed by atoms with Crippen LogP contribution in [0.15, 0.2) is 72.8 Å². The minimum Gasteiger partial charge on any atom is -0.508 e. The first-order chi connectivity index (χ1) is 13.5. The van der Waals surface area contributed by atoms with Gasteiger partial charge in [-0.2, -0.15) is 0 Å². The van der Waals surface area contributed by atoms with Crippen molar-refractivity contribution >= 4 is 17.3 Å². The molecule has 3 aromatic rings. The lowest BCUT2D eigenvalue weighted by Crippen LogP contribution is -2.40. The van der Waals surface area contributed by atoms with Crippen molar-refractivity contribution in [1.29, 1.82) is 0 Å². The maximum Gasteiger partial charge on any atom is 0.131 e. The smallest absolute Gasteiger partial charge is 0.131 e. The number of hydrogen-bond acceptors (Lipinski definition) is 3. The van der Waals surface area contributed by atoms with Gasteiger partial charge in [0.15, 0.2) is 0 Å². The molecule has 28 heavy (non-hydrogen) atoms. The zero-order chi connectivity index (χ0) is 19.7. The summed E-state index contributed by atoms with van der Waals surface area (Å²) >= 11 is 6.31. The number of rotatable bonds is 3. The Bertz CT molecular complexity index is 1010. The first-order valence-electron chi connectivity index (χ1n) is 9.06. The van der Waals surface area contributed by atoms with Crippen LogP contribution in [0.4, 0.5) is 4.39 Å². The second-order valence-electron chi connectivity index (χ2n) is 6.86. The summed E-state index contributed by atoms with van der Waals surface area (Å²) in [4.78, 5) is 0. The van der Waals surface area contributed by atoms with E-state index < -0.39 is 12.0 Å². The third kappa shape index (κ3) is 3.61. The summed E-state index contributed by atoms with van der Waals surface area (Å²) in [5.74, 6) is -0.210. The van der Waals surface area contributed by atoms with Crippen LogP contribution in [-0.4, -0.2) is 5.11 Å². The maximum atomic E-state index is 14.6. The lowest BCUT2D eigenvalue weighted by atomic mass is 9.97. The van der Waals surface area contributed by atoms with E-state index in [4.69, 9.17) is 11.6 Å². The summed E-state index contributed by atoms with van der Waals surface area (Å²) in [7, 11) is 0. The Kier molecular flexibility index (Phi) is 5.07. The van der Waals surface area contributed by atoms with E-state index in [-0.39, 0.29) is 11.8 Å². The highest BCUT2D eigenvalue weighted by atomic mass is 35.5. The molecule has 0 aliphatic carbocycles. The van der Waals surface area contributed by atoms with Crippen LogP contribution in [0.2, 0.25) is 5.02 Å². The molecule has 3 nitrogen and oxygen atoms in total. The summed E-state index contributed by atoms with van der Waals surface area (Å²) in [5, 5.41) is 17.4. The summed E-state index contributed by atoms with van der Waals surface area (Å²) in [6, 6.07) is 19.5. The third-order valence-electron chi connectivity index (χ3n) is 4.90. The van der Waals surface area contributed by atoms with Crippen molar-refractivity contribution in [2.24, 2.45) is 0 Å². The molecule has 2 atom stereocenters. The number of phenols is 1. The topological polar surface area (TPSA) is 44.3 Å². The minimum atomic E-state index is -0.556. The normalized spacial score (nSPS) is 19.0. The fraction of sp³-hybridized carbons (Fsp3) is 0.130. The highest BCUT2D eigenvalue weighted by Crippen LogP contribution is 2.35. The molecule has 0 saturated heterocycles. The molecule has 3 N–H and O–H groups in total. The molecule has 142 valence electrons. The SMILES string of the molecule is Cc1ccc(C2=CC(c3ccccc3O)NC(c3c(F)cccc3Cl)N2)cc1. The Morgan fingerprint density at radius 3 is 2.43 bits per heavy atom. The molecule has 4 rings (SSSR count). The van der Waals surface area contributed by atoms with Gasteiger partial charge >= 0.3 is 0 Å². The van der Waals surface area contributed by atoms with E-state index in [0.29, 0.717) is 16.1 Å². The van der Waals surface area contributed by atoms with E-state index in [2.05, 4.69) is 10.6 Å². The molecule has 0 saturated carbocycles. The van der Waals surface area contributed by atoms with Crippen molar-refractivity contribution in [3.63, 3.8) is 0 Å². The monoisotopic (exact) mass is 394 g/mol. The fourth-order valence-corrected chi connectivity index (χ4v) is 3.70. The molecule has 0 radical (unpaired) electrons. The largest absolute Gasteiger partial charge is 0.508 e. The first kappa shape index (κ1) is 18.5. The number of aromatic hydroxyl groups is 1. The van der Waals surface area contributed by atoms with Crippen LogP contribution < -0.4 is 10.6 Å². The molecule has 2 unspecified atom stereocenters. The lowest BCUT2D eigenvalue weighted by Gasteiger charge is -2.33. The van der Waals surface area contributed by atoms with Gasteiger partial charge in [0.1, 0.15) is 17.7 Å². The minimum absolute atomic E-state index is 0.180. The maximum absolute atomic E-state index is 14.6. The van der Waals surface area contributed by atoms with Gasteiger partial charge in [-0.3, -0.25) is 5.32 Å². The van der Waals surface area contributed by atoms with Crippen LogP contribution in [0.3, 0.4) is 0 Å². The van der Waals surface area contributed by atoms with Crippen LogP contribution in [-0.2, 0) is 0 Å². The van der Waals surface area contributed by atoms with E-state index >= 15 is 0 Å². The summed E-state index contributed by atoms with van der Waals surface area (Å²) in [5.41, 5.74) is 4.04. The van der Waals surface area contributed by atoms with Crippen LogP contribution in [0.1, 0.15) is 34.5 Å². The van der Waals surface area contributed by atoms with Crippen molar-refractivity contribution < 1.29 is 9.50 Å². The van der Waals surface area contributed by atoms with Crippen LogP contribution in [0, 0.1) is 12.7 Å². The number of nitrogens with one attached hydrogen (secondary N) is 2. The van der Waals surface area contributed by atoms with E-state index in [9.17, 15) is 9.50 Å². The lowest BCUT2D eigenvalue weighted by molar-refractivity contribution is 0.409. The van der Waals surface area contributed by atoms with Gasteiger partial charge in [-0.05, 0) is 36.8 Å². The van der Waals surface area contributed by atoms with Gasteiger partial charge in [0.05, 0.1) is 11.1 Å². The van der Waals surface area contributed by atoms with Crippen LogP contribution in [0.25, 0.3) is 5.70 Å². The predicted octanol–water partition coefficient (Wildman–Crippen LogP) is 5.47. The van der Waals surface area contributed by atoms with Crippen molar-refractivity contribution in [1.82, 2.24) is 10.6 Å². The molecule has 0 fully saturated rings. The van der Waals surface area contributed by atoms with Crippen molar-refractivity contribution in [3.8, 4) is 5.75 Å². The Balaban J connectivity index is 1.80. The van der Waals surface area contributed by atoms with E-state index in [0.717, 1.165) is 16.8 Å². The van der Waals surface area contributed by atoms with Gasteiger partial charge in [-0.15, -0.1) is 0 Å². The summed E-state index contributed by atoms with van der Waals surface area (Å²) < 4.78 is 14.6. The van der Waals surface area contributed by atoms with Crippen molar-refractivity contribution in [2.45, 2.75) is 19.1 Å². The average molecular weight is 395 g/mol. The van der Waals surface area contributed by atoms with E-state index in [1.54, 1.807) is 24.3 Å². The predicted molar refractivity (Wildman–Crippen MR) is 110 cm³/mol. The van der Waals surface area contributed by atoms with Gasteiger partial charge in [-0.1, -0.05) is 65.7 Å². The van der Waals surface area contributed by atoms with Crippen molar-refractivity contribution in [3.05, 3.63) is 106 Å². The number of phenolic OH excluding ortho intramolecular Hbond substituents is 1. The molecule has 3 aromatic carbocycles. The number of benzene rings is 3. The molecular formula is C23H20ClFN2O. The van der Waals surface area contributed by atoms with E-state index in [1.165, 1.54) is 6.07 Å². The van der Waals surface area contributed by atoms with Crippen LogP contribution in [0.5, 0.6) is 5.75 Å². The highest BCUT2D eigenvalue weighted by Gasteiger charge is 2.28. The standard InChI is InChI=1S/C23H20ClFN2O/c1-14-9-11-15(12-10-14)19-13-20(16-5-2-3-8-21(16)28)27-23(26-19)22-17(24)6-4-7-18(22)25/h2-13,20,23,26-28H,1H3. The molecule has 5 heteroatoms. The molecule has 0 spiro atoms. The number of para-hydroxylation sites is 1. The zero-order valence-corrected chi connectivity index (χ0v) is 16.0. The molecule has 1 aliphatic rings. The second-order valence-corrected chi connectivity index (χ2v) is 7.27. The third-order valence-corrected chi connectivity index (χ3v) is 5.23. The number of hydrogen-bond donors (Lipinski definition) is 3. The molecule has 0 amide bonds. The first-order valence-corrected chi connectivity index (χ1v) is 9.44. The molecular weight excluding hydrogens is 375 g/mol. The highest BCUT2D eigenvalue weighted by molar-refractivity contribution is 6.31. The second kappa shape index (κ2) is 7.66. The molecule has 0 aromatic heterocycles. The average Bonchev–Trinajstić information content (AvgIpc) is 2.68. The summed E-state index contributed by atoms with van der Waals surface area (Å²) in [6.45, 7) is 2.03. The van der Waals surface area contributed by atoms with Crippen molar-refractivity contribution in [2.75, 3.05) is 0 Å². The van der Waals surface area contributed by atoms with Gasteiger partial charge in [-0.25, -0.2) is 4.39 Å². The molecule has 1 heterocycles.